The van der Waals surface area contributed by atoms with Gasteiger partial charge in [0.1, 0.15) is 17.7 Å². The average Bonchev–Trinajstić information content (AvgIpc) is 2.84. The van der Waals surface area contributed by atoms with Crippen LogP contribution in [0.1, 0.15) is 75.8 Å². The van der Waals surface area contributed by atoms with Crippen LogP contribution in [0.5, 0.6) is 0 Å². The number of hydrogen-bond acceptors (Lipinski definition) is 5. The minimum absolute atomic E-state index is 0.354. The number of carbonyl (C=O) groups excluding carboxylic acids is 4. The summed E-state index contributed by atoms with van der Waals surface area (Å²) in [5.41, 5.74) is 8.18. The summed E-state index contributed by atoms with van der Waals surface area (Å²) in [7, 11) is 0. The first-order chi connectivity index (χ1) is 18.6. The largest absolute Gasteiger partial charge is 0.444 e. The van der Waals surface area contributed by atoms with Crippen LogP contribution in [0.2, 0.25) is 5.02 Å². The number of nitrogens with zero attached hydrogens (tertiary/aromatic N) is 1. The molecule has 0 saturated heterocycles. The summed E-state index contributed by atoms with van der Waals surface area (Å²) in [5.74, 6) is -1.93. The number of rotatable bonds is 10. The van der Waals surface area contributed by atoms with E-state index in [1.54, 1.807) is 45.9 Å². The Morgan fingerprint density at radius 2 is 1.62 bits per heavy atom. The van der Waals surface area contributed by atoms with Gasteiger partial charge in [-0.25, -0.2) is 4.79 Å². The fourth-order valence-electron chi connectivity index (χ4n) is 4.30. The molecule has 9 nitrogen and oxygen atoms in total. The minimum Gasteiger partial charge on any atom is -0.444 e. The van der Waals surface area contributed by atoms with Gasteiger partial charge in [-0.3, -0.25) is 14.4 Å². The first kappa shape index (κ1) is 32.6. The number of carbonyl (C=O) groups is 4. The number of nitrogens with two attached hydrogens (primary N) is 1. The predicted octanol–water partition coefficient (Wildman–Crippen LogP) is 5.34. The molecule has 0 aliphatic rings. The van der Waals surface area contributed by atoms with E-state index in [0.29, 0.717) is 22.7 Å². The molecule has 0 fully saturated rings. The number of primary amides is 1. The van der Waals surface area contributed by atoms with Crippen LogP contribution < -0.4 is 16.4 Å². The monoisotopic (exact) mass is 572 g/mol. The maximum atomic E-state index is 14.2. The van der Waals surface area contributed by atoms with Gasteiger partial charge in [0.15, 0.2) is 0 Å². The number of amides is 4. The van der Waals surface area contributed by atoms with Gasteiger partial charge in [0.2, 0.25) is 11.8 Å². The van der Waals surface area contributed by atoms with Gasteiger partial charge >= 0.3 is 6.09 Å². The molecule has 0 spiro atoms. The van der Waals surface area contributed by atoms with Gasteiger partial charge in [0, 0.05) is 6.04 Å². The van der Waals surface area contributed by atoms with Gasteiger partial charge in [-0.15, -0.1) is 0 Å². The molecular formula is C30H41ClN4O5. The number of alkyl carbamates (subject to hydrolysis) is 1. The second kappa shape index (κ2) is 13.7. The Morgan fingerprint density at radius 3 is 2.17 bits per heavy atom. The van der Waals surface area contributed by atoms with E-state index in [-0.39, 0.29) is 0 Å². The number of halogens is 1. The van der Waals surface area contributed by atoms with Crippen LogP contribution in [0.25, 0.3) is 0 Å². The van der Waals surface area contributed by atoms with Crippen LogP contribution in [0.3, 0.4) is 0 Å². The van der Waals surface area contributed by atoms with Crippen molar-refractivity contribution in [2.75, 3.05) is 5.32 Å². The van der Waals surface area contributed by atoms with Crippen LogP contribution in [-0.2, 0) is 19.1 Å². The predicted molar refractivity (Wildman–Crippen MR) is 157 cm³/mol. The summed E-state index contributed by atoms with van der Waals surface area (Å²) < 4.78 is 5.33. The molecular weight excluding hydrogens is 532 g/mol. The minimum atomic E-state index is -1.36. The molecule has 4 N–H and O–H groups in total. The van der Waals surface area contributed by atoms with Crippen LogP contribution >= 0.6 is 11.6 Å². The van der Waals surface area contributed by atoms with Gasteiger partial charge in [-0.1, -0.05) is 48.9 Å². The van der Waals surface area contributed by atoms with Crippen molar-refractivity contribution in [1.82, 2.24) is 10.2 Å². The van der Waals surface area contributed by atoms with Crippen LogP contribution in [0, 0.1) is 20.8 Å². The highest BCUT2D eigenvalue weighted by Gasteiger charge is 2.40. The second-order valence-electron chi connectivity index (χ2n) is 11.0. The van der Waals surface area contributed by atoms with Crippen molar-refractivity contribution in [3.63, 3.8) is 0 Å². The molecule has 10 heteroatoms. The Balaban J connectivity index is 2.68. The summed E-state index contributed by atoms with van der Waals surface area (Å²) in [4.78, 5) is 54.4. The SMILES string of the molecule is CCC(C)N(C(=O)C(CC(N)=O)NC(=O)OC(C)(C)C)C(C(=O)Nc1c(C)cccc1Cl)c1cccc(C)c1C. The van der Waals surface area contributed by atoms with Gasteiger partial charge < -0.3 is 26.0 Å². The van der Waals surface area contributed by atoms with Crippen LogP contribution in [-0.4, -0.2) is 46.4 Å². The van der Waals surface area contributed by atoms with Crippen molar-refractivity contribution < 1.29 is 23.9 Å². The van der Waals surface area contributed by atoms with E-state index in [0.717, 1.165) is 16.7 Å². The van der Waals surface area contributed by atoms with E-state index in [2.05, 4.69) is 10.6 Å². The van der Waals surface area contributed by atoms with E-state index in [4.69, 9.17) is 22.1 Å². The standard InChI is InChI=1S/C30H41ClN4O5/c1-9-19(4)35(28(38)23(16-24(32)36)33-29(39)40-30(6,7)8)26(21-14-10-12-17(2)20(21)5)27(37)34-25-18(3)13-11-15-22(25)31/h10-15,19,23,26H,9,16H2,1-8H3,(H2,32,36)(H,33,39)(H,34,37). The number of aryl methyl sites for hydroxylation is 2. The summed E-state index contributed by atoms with van der Waals surface area (Å²) in [6, 6.07) is 7.85. The third-order valence-electron chi connectivity index (χ3n) is 6.65. The lowest BCUT2D eigenvalue weighted by Gasteiger charge is -2.38. The molecule has 40 heavy (non-hydrogen) atoms. The van der Waals surface area contributed by atoms with E-state index >= 15 is 0 Å². The fourth-order valence-corrected chi connectivity index (χ4v) is 4.56. The maximum Gasteiger partial charge on any atom is 0.408 e. The number of para-hydroxylation sites is 1. The molecule has 0 bridgehead atoms. The lowest BCUT2D eigenvalue weighted by molar-refractivity contribution is -0.144. The molecule has 0 radical (unpaired) electrons. The highest BCUT2D eigenvalue weighted by Crippen LogP contribution is 2.33. The molecule has 0 aromatic heterocycles. The second-order valence-corrected chi connectivity index (χ2v) is 11.4. The molecule has 2 rings (SSSR count). The Morgan fingerprint density at radius 1 is 1.02 bits per heavy atom. The zero-order valence-electron chi connectivity index (χ0n) is 24.6. The van der Waals surface area contributed by atoms with Crippen molar-refractivity contribution in [2.45, 2.75) is 92.0 Å². The fraction of sp³-hybridized carbons (Fsp3) is 0.467. The smallest absolute Gasteiger partial charge is 0.408 e. The maximum absolute atomic E-state index is 14.2. The molecule has 4 amide bonds. The average molecular weight is 573 g/mol. The van der Waals surface area contributed by atoms with Gasteiger partial charge in [-0.2, -0.15) is 0 Å². The van der Waals surface area contributed by atoms with Gasteiger partial charge in [0.25, 0.3) is 5.91 Å². The van der Waals surface area contributed by atoms with Crippen molar-refractivity contribution in [3.05, 3.63) is 63.7 Å². The number of nitrogens with one attached hydrogen (secondary N) is 2. The Bertz CT molecular complexity index is 1240. The summed E-state index contributed by atoms with van der Waals surface area (Å²) in [6.07, 6.45) is -0.868. The first-order valence-electron chi connectivity index (χ1n) is 13.3. The quantitative estimate of drug-likeness (QED) is 0.353. The van der Waals surface area contributed by atoms with Gasteiger partial charge in [0.05, 0.1) is 17.1 Å². The normalized spacial score (nSPS) is 13.5. The highest BCUT2D eigenvalue weighted by atomic mass is 35.5. The zero-order chi connectivity index (χ0) is 30.4. The lowest BCUT2D eigenvalue weighted by atomic mass is 9.93. The van der Waals surface area contributed by atoms with Crippen LogP contribution in [0.4, 0.5) is 10.5 Å². The number of ether oxygens (including phenoxy) is 1. The number of hydrogen-bond donors (Lipinski definition) is 3. The lowest BCUT2D eigenvalue weighted by Crippen LogP contribution is -2.55. The molecule has 0 saturated carbocycles. The van der Waals surface area contributed by atoms with Crippen molar-refractivity contribution in [2.24, 2.45) is 5.73 Å². The van der Waals surface area contributed by atoms with E-state index in [1.165, 1.54) is 4.90 Å². The van der Waals surface area contributed by atoms with E-state index in [1.807, 2.05) is 45.9 Å². The molecule has 0 aliphatic heterocycles. The van der Waals surface area contributed by atoms with Crippen LogP contribution in [0.15, 0.2) is 36.4 Å². The summed E-state index contributed by atoms with van der Waals surface area (Å²) in [5, 5.41) is 5.77. The van der Waals surface area contributed by atoms with Crippen molar-refractivity contribution in [3.8, 4) is 0 Å². The summed E-state index contributed by atoms with van der Waals surface area (Å²) >= 11 is 6.42. The molecule has 0 aliphatic carbocycles. The molecule has 3 unspecified atom stereocenters. The summed E-state index contributed by atoms with van der Waals surface area (Å²) in [6.45, 7) is 14.3. The first-order valence-corrected chi connectivity index (χ1v) is 13.7. The Kier molecular flexibility index (Phi) is 11.1. The van der Waals surface area contributed by atoms with Crippen molar-refractivity contribution in [1.29, 1.82) is 0 Å². The molecule has 0 heterocycles. The van der Waals surface area contributed by atoms with E-state index in [9.17, 15) is 19.2 Å². The van der Waals surface area contributed by atoms with Gasteiger partial charge in [-0.05, 0) is 83.2 Å². The molecule has 2 aromatic rings. The number of benzene rings is 2. The Hall–Kier alpha value is -3.59. The highest BCUT2D eigenvalue weighted by molar-refractivity contribution is 6.34. The zero-order valence-corrected chi connectivity index (χ0v) is 25.3. The Labute approximate surface area is 241 Å². The van der Waals surface area contributed by atoms with E-state index < -0.39 is 54.0 Å². The molecule has 2 aromatic carbocycles. The topological polar surface area (TPSA) is 131 Å². The molecule has 218 valence electrons. The van der Waals surface area contributed by atoms with Crippen molar-refractivity contribution >= 4 is 41.1 Å². The number of anilines is 1. The molecule has 3 atom stereocenters. The third kappa shape index (κ3) is 8.45. The third-order valence-corrected chi connectivity index (χ3v) is 6.97.